The van der Waals surface area contributed by atoms with E-state index in [1.807, 2.05) is 18.2 Å². The zero-order valence-electron chi connectivity index (χ0n) is 15.5. The van der Waals surface area contributed by atoms with Crippen LogP contribution >= 0.6 is 11.6 Å². The highest BCUT2D eigenvalue weighted by Crippen LogP contribution is 2.33. The number of hydrogen-bond donors (Lipinski definition) is 1. The largest absolute Gasteiger partial charge is 0.339 e. The van der Waals surface area contributed by atoms with E-state index in [-0.39, 0.29) is 34.7 Å². The minimum atomic E-state index is -0.520. The number of amides is 3. The fourth-order valence-electron chi connectivity index (χ4n) is 3.82. The van der Waals surface area contributed by atoms with E-state index in [1.165, 1.54) is 12.1 Å². The van der Waals surface area contributed by atoms with Gasteiger partial charge in [0, 0.05) is 38.3 Å². The summed E-state index contributed by atoms with van der Waals surface area (Å²) in [5.41, 5.74) is 1.72. The molecule has 0 bridgehead atoms. The molecule has 0 radical (unpaired) electrons. The SMILES string of the molecule is O=C1CC(C(=O)N2CCN(C(=O)c3ccc(F)cc3Cl)CC2)c2ccccc2N1. The molecular weight excluding hydrogens is 397 g/mol. The molecule has 150 valence electrons. The first kappa shape index (κ1) is 19.4. The molecule has 4 rings (SSSR count). The highest BCUT2D eigenvalue weighted by atomic mass is 35.5. The lowest BCUT2D eigenvalue weighted by molar-refractivity contribution is -0.136. The van der Waals surface area contributed by atoms with Gasteiger partial charge in [-0.05, 0) is 29.8 Å². The highest BCUT2D eigenvalue weighted by Gasteiger charge is 2.35. The minimum Gasteiger partial charge on any atom is -0.339 e. The smallest absolute Gasteiger partial charge is 0.255 e. The van der Waals surface area contributed by atoms with Crippen molar-refractivity contribution in [2.24, 2.45) is 0 Å². The van der Waals surface area contributed by atoms with Crippen LogP contribution in [0.25, 0.3) is 0 Å². The molecule has 2 aromatic rings. The summed E-state index contributed by atoms with van der Waals surface area (Å²) in [6.07, 6.45) is 0.111. The van der Waals surface area contributed by atoms with Gasteiger partial charge in [0.2, 0.25) is 11.8 Å². The normalized spacial score (nSPS) is 18.8. The number of nitrogens with one attached hydrogen (secondary N) is 1. The summed E-state index contributed by atoms with van der Waals surface area (Å²) in [6.45, 7) is 1.42. The first-order valence-electron chi connectivity index (χ1n) is 9.36. The second-order valence-electron chi connectivity index (χ2n) is 7.13. The van der Waals surface area contributed by atoms with Crippen molar-refractivity contribution >= 4 is 35.0 Å². The van der Waals surface area contributed by atoms with Gasteiger partial charge in [-0.3, -0.25) is 14.4 Å². The van der Waals surface area contributed by atoms with Crippen molar-refractivity contribution in [3.05, 3.63) is 64.4 Å². The van der Waals surface area contributed by atoms with Gasteiger partial charge in [0.25, 0.3) is 5.91 Å². The molecule has 0 aromatic heterocycles. The molecule has 1 atom stereocenters. The molecule has 8 heteroatoms. The zero-order chi connectivity index (χ0) is 20.5. The molecule has 1 fully saturated rings. The van der Waals surface area contributed by atoms with Gasteiger partial charge in [-0.1, -0.05) is 29.8 Å². The first-order chi connectivity index (χ1) is 13.9. The van der Waals surface area contributed by atoms with Gasteiger partial charge >= 0.3 is 0 Å². The number of para-hydroxylation sites is 1. The number of halogens is 2. The van der Waals surface area contributed by atoms with E-state index in [0.717, 1.165) is 11.6 Å². The molecule has 1 N–H and O–H groups in total. The summed E-state index contributed by atoms with van der Waals surface area (Å²) in [6, 6.07) is 11.0. The maximum absolute atomic E-state index is 13.2. The molecule has 3 amide bonds. The molecule has 2 aromatic carbocycles. The molecule has 0 saturated carbocycles. The number of fused-ring (bicyclic) bond motifs is 1. The molecule has 6 nitrogen and oxygen atoms in total. The van der Waals surface area contributed by atoms with Crippen molar-refractivity contribution in [1.82, 2.24) is 9.80 Å². The Hall–Kier alpha value is -2.93. The third kappa shape index (κ3) is 3.82. The van der Waals surface area contributed by atoms with Crippen molar-refractivity contribution in [2.45, 2.75) is 12.3 Å². The minimum absolute atomic E-state index is 0.0679. The Morgan fingerprint density at radius 2 is 1.72 bits per heavy atom. The molecular formula is C21H19ClFN3O3. The van der Waals surface area contributed by atoms with E-state index in [9.17, 15) is 18.8 Å². The number of carbonyl (C=O) groups excluding carboxylic acids is 3. The number of carbonyl (C=O) groups is 3. The van der Waals surface area contributed by atoms with Crippen molar-refractivity contribution in [3.63, 3.8) is 0 Å². The molecule has 0 spiro atoms. The van der Waals surface area contributed by atoms with E-state index in [1.54, 1.807) is 15.9 Å². The topological polar surface area (TPSA) is 69.7 Å². The third-order valence-corrected chi connectivity index (χ3v) is 5.65. The standard InChI is InChI=1S/C21H19ClFN3O3/c22-17-11-13(23)5-6-15(17)20(28)25-7-9-26(10-8-25)21(29)16-12-19(27)24-18-4-2-1-3-14(16)18/h1-6,11,16H,7-10,12H2,(H,24,27). The van der Waals surface area contributed by atoms with Gasteiger partial charge in [0.1, 0.15) is 5.82 Å². The van der Waals surface area contributed by atoms with Gasteiger partial charge in [0.15, 0.2) is 0 Å². The highest BCUT2D eigenvalue weighted by molar-refractivity contribution is 6.33. The van der Waals surface area contributed by atoms with Crippen LogP contribution in [0, 0.1) is 5.82 Å². The van der Waals surface area contributed by atoms with Gasteiger partial charge in [-0.2, -0.15) is 0 Å². The van der Waals surface area contributed by atoms with E-state index in [0.29, 0.717) is 31.9 Å². The fourth-order valence-corrected chi connectivity index (χ4v) is 4.06. The predicted molar refractivity (Wildman–Crippen MR) is 106 cm³/mol. The van der Waals surface area contributed by atoms with Crippen LogP contribution in [-0.4, -0.2) is 53.7 Å². The fraction of sp³-hybridized carbons (Fsp3) is 0.286. The second kappa shape index (κ2) is 7.83. The first-order valence-corrected chi connectivity index (χ1v) is 9.73. The Labute approximate surface area is 172 Å². The lowest BCUT2D eigenvalue weighted by Gasteiger charge is -2.37. The van der Waals surface area contributed by atoms with Crippen molar-refractivity contribution in [3.8, 4) is 0 Å². The van der Waals surface area contributed by atoms with Crippen LogP contribution in [0.5, 0.6) is 0 Å². The van der Waals surface area contributed by atoms with Crippen LogP contribution in [0.3, 0.4) is 0 Å². The van der Waals surface area contributed by atoms with E-state index >= 15 is 0 Å². The van der Waals surface area contributed by atoms with E-state index < -0.39 is 11.7 Å². The molecule has 1 saturated heterocycles. The average Bonchev–Trinajstić information content (AvgIpc) is 2.72. The van der Waals surface area contributed by atoms with Crippen molar-refractivity contribution in [1.29, 1.82) is 0 Å². The Bertz CT molecular complexity index is 989. The summed E-state index contributed by atoms with van der Waals surface area (Å²) in [5.74, 6) is -1.60. The van der Waals surface area contributed by atoms with Gasteiger partial charge in [-0.25, -0.2) is 4.39 Å². The van der Waals surface area contributed by atoms with Gasteiger partial charge in [-0.15, -0.1) is 0 Å². The summed E-state index contributed by atoms with van der Waals surface area (Å²) in [7, 11) is 0. The summed E-state index contributed by atoms with van der Waals surface area (Å²) < 4.78 is 13.2. The molecule has 1 unspecified atom stereocenters. The lowest BCUT2D eigenvalue weighted by atomic mass is 9.89. The van der Waals surface area contributed by atoms with Gasteiger partial charge in [0.05, 0.1) is 16.5 Å². The maximum Gasteiger partial charge on any atom is 0.255 e. The predicted octanol–water partition coefficient (Wildman–Crippen LogP) is 2.89. The summed E-state index contributed by atoms with van der Waals surface area (Å²) in [5, 5.41) is 2.86. The number of anilines is 1. The Kier molecular flexibility index (Phi) is 5.24. The molecule has 0 aliphatic carbocycles. The van der Waals surface area contributed by atoms with E-state index in [4.69, 9.17) is 11.6 Å². The molecule has 29 heavy (non-hydrogen) atoms. The number of hydrogen-bond acceptors (Lipinski definition) is 3. The van der Waals surface area contributed by atoms with Crippen LogP contribution in [0.15, 0.2) is 42.5 Å². The van der Waals surface area contributed by atoms with Crippen molar-refractivity contribution < 1.29 is 18.8 Å². The monoisotopic (exact) mass is 415 g/mol. The van der Waals surface area contributed by atoms with Crippen molar-refractivity contribution in [2.75, 3.05) is 31.5 Å². The quantitative estimate of drug-likeness (QED) is 0.820. The lowest BCUT2D eigenvalue weighted by Crippen LogP contribution is -2.52. The summed E-state index contributed by atoms with van der Waals surface area (Å²) >= 11 is 6.00. The van der Waals surface area contributed by atoms with Crippen LogP contribution in [0.1, 0.15) is 28.3 Å². The summed E-state index contributed by atoms with van der Waals surface area (Å²) in [4.78, 5) is 41.1. The third-order valence-electron chi connectivity index (χ3n) is 5.34. The molecule has 2 aliphatic heterocycles. The Morgan fingerprint density at radius 3 is 2.45 bits per heavy atom. The molecule has 2 aliphatic rings. The number of benzene rings is 2. The van der Waals surface area contributed by atoms with E-state index in [2.05, 4.69) is 5.32 Å². The van der Waals surface area contributed by atoms with Crippen LogP contribution in [0.4, 0.5) is 10.1 Å². The van der Waals surface area contributed by atoms with Crippen LogP contribution in [0.2, 0.25) is 5.02 Å². The number of piperazine rings is 1. The molecule has 2 heterocycles. The average molecular weight is 416 g/mol. The van der Waals surface area contributed by atoms with Crippen LogP contribution < -0.4 is 5.32 Å². The number of rotatable bonds is 2. The van der Waals surface area contributed by atoms with Crippen LogP contribution in [-0.2, 0) is 9.59 Å². The van der Waals surface area contributed by atoms with Gasteiger partial charge < -0.3 is 15.1 Å². The number of nitrogens with zero attached hydrogens (tertiary/aromatic N) is 2. The Balaban J connectivity index is 1.44. The Morgan fingerprint density at radius 1 is 1.03 bits per heavy atom. The maximum atomic E-state index is 13.2. The second-order valence-corrected chi connectivity index (χ2v) is 7.54. The zero-order valence-corrected chi connectivity index (χ0v) is 16.3.